The maximum absolute atomic E-state index is 13.1. The topological polar surface area (TPSA) is 96.7 Å². The van der Waals surface area contributed by atoms with Gasteiger partial charge in [0.2, 0.25) is 0 Å². The number of carbonyl (C=O) groups is 2. The number of rotatable bonds is 4. The van der Waals surface area contributed by atoms with E-state index in [-0.39, 0.29) is 19.2 Å². The Morgan fingerprint density at radius 2 is 2.07 bits per heavy atom. The molecule has 0 atom stereocenters. The number of aromatic nitrogens is 4. The van der Waals surface area contributed by atoms with Crippen molar-refractivity contribution >= 4 is 12.0 Å². The number of carbonyl (C=O) groups excluding carboxylic acids is 2. The number of tetrazole rings is 1. The predicted molar refractivity (Wildman–Crippen MR) is 97.1 cm³/mol. The number of benzene rings is 1. The molecule has 0 bridgehead atoms. The minimum atomic E-state index is -0.488. The quantitative estimate of drug-likeness (QED) is 0.765. The Hall–Kier alpha value is -3.43. The molecule has 4 rings (SSSR count). The summed E-state index contributed by atoms with van der Waals surface area (Å²) in [5.74, 6) is -0.0325. The van der Waals surface area contributed by atoms with Crippen molar-refractivity contribution < 1.29 is 14.3 Å². The highest BCUT2D eigenvalue weighted by Crippen LogP contribution is 2.27. The lowest BCUT2D eigenvalue weighted by Crippen LogP contribution is -2.51. The van der Waals surface area contributed by atoms with Crippen molar-refractivity contribution in [1.29, 1.82) is 0 Å². The minimum Gasteiger partial charge on any atom is -0.426 e. The Morgan fingerprint density at radius 3 is 2.82 bits per heavy atom. The van der Waals surface area contributed by atoms with Crippen molar-refractivity contribution in [1.82, 2.24) is 34.9 Å². The first-order valence-corrected chi connectivity index (χ1v) is 9.00. The maximum atomic E-state index is 13.1. The number of hydrogen-bond donors (Lipinski definition) is 0. The van der Waals surface area contributed by atoms with E-state index in [4.69, 9.17) is 4.74 Å². The molecular weight excluding hydrogens is 362 g/mol. The van der Waals surface area contributed by atoms with Crippen LogP contribution in [0.4, 0.5) is 4.79 Å². The van der Waals surface area contributed by atoms with E-state index in [2.05, 4.69) is 20.4 Å². The second-order valence-corrected chi connectivity index (χ2v) is 6.81. The number of ether oxygens (including phenoxy) is 1. The van der Waals surface area contributed by atoms with Crippen LogP contribution < -0.4 is 0 Å². The van der Waals surface area contributed by atoms with E-state index >= 15 is 0 Å². The molecule has 0 unspecified atom stereocenters. The van der Waals surface area contributed by atoms with Crippen molar-refractivity contribution in [2.24, 2.45) is 0 Å². The van der Waals surface area contributed by atoms with Gasteiger partial charge in [-0.3, -0.25) is 4.79 Å². The van der Waals surface area contributed by atoms with E-state index in [1.165, 1.54) is 11.0 Å². The van der Waals surface area contributed by atoms with Gasteiger partial charge in [0, 0.05) is 32.3 Å². The van der Waals surface area contributed by atoms with Gasteiger partial charge in [0.05, 0.1) is 18.8 Å². The second kappa shape index (κ2) is 7.67. The third kappa shape index (κ3) is 3.66. The lowest BCUT2D eigenvalue weighted by atomic mass is 10.0. The highest BCUT2D eigenvalue weighted by molar-refractivity contribution is 5.96. The van der Waals surface area contributed by atoms with Crippen LogP contribution in [0, 0.1) is 0 Å². The molecular formula is C18H21N7O3. The first kappa shape index (κ1) is 18.0. The van der Waals surface area contributed by atoms with Crippen LogP contribution in [0.1, 0.15) is 12.0 Å². The smallest absolute Gasteiger partial charge is 0.411 e. The molecule has 2 aromatic rings. The van der Waals surface area contributed by atoms with Crippen molar-refractivity contribution in [2.75, 3.05) is 26.8 Å². The Labute approximate surface area is 162 Å². The van der Waals surface area contributed by atoms with Gasteiger partial charge >= 0.3 is 6.09 Å². The fourth-order valence-electron chi connectivity index (χ4n) is 3.50. The summed E-state index contributed by atoms with van der Waals surface area (Å²) in [4.78, 5) is 30.9. The van der Waals surface area contributed by atoms with Gasteiger partial charge in [0.25, 0.3) is 5.91 Å². The van der Waals surface area contributed by atoms with Gasteiger partial charge < -0.3 is 19.4 Å². The Bertz CT molecular complexity index is 882. The summed E-state index contributed by atoms with van der Waals surface area (Å²) in [6.45, 7) is 1.74. The molecule has 0 fully saturated rings. The lowest BCUT2D eigenvalue weighted by Gasteiger charge is -2.41. The molecule has 10 nitrogen and oxygen atoms in total. The first-order valence-electron chi connectivity index (χ1n) is 9.00. The summed E-state index contributed by atoms with van der Waals surface area (Å²) >= 11 is 0. The monoisotopic (exact) mass is 383 g/mol. The van der Waals surface area contributed by atoms with Crippen LogP contribution >= 0.6 is 0 Å². The number of nitrogens with zero attached hydrogens (tertiary/aromatic N) is 7. The van der Waals surface area contributed by atoms with Gasteiger partial charge in [-0.05, 0) is 16.0 Å². The molecule has 1 aromatic heterocycles. The molecule has 0 spiro atoms. The number of hydrogen-bond acceptors (Lipinski definition) is 7. The van der Waals surface area contributed by atoms with Crippen LogP contribution in [0.15, 0.2) is 47.9 Å². The molecule has 0 radical (unpaired) electrons. The number of amides is 2. The summed E-state index contributed by atoms with van der Waals surface area (Å²) in [6, 6.07) is 9.87. The zero-order valence-corrected chi connectivity index (χ0v) is 15.6. The highest BCUT2D eigenvalue weighted by Gasteiger charge is 2.35. The van der Waals surface area contributed by atoms with Gasteiger partial charge in [-0.2, -0.15) is 4.68 Å². The molecule has 0 N–H and O–H groups in total. The molecule has 28 heavy (non-hydrogen) atoms. The molecule has 146 valence electrons. The fraction of sp³-hybridized carbons (Fsp3) is 0.389. The average molecular weight is 383 g/mol. The summed E-state index contributed by atoms with van der Waals surface area (Å²) in [5.41, 5.74) is 2.72. The third-order valence-corrected chi connectivity index (χ3v) is 4.89. The average Bonchev–Trinajstić information content (AvgIpc) is 3.24. The van der Waals surface area contributed by atoms with Crippen LogP contribution in [0.5, 0.6) is 0 Å². The van der Waals surface area contributed by atoms with Gasteiger partial charge in [-0.1, -0.05) is 30.3 Å². The van der Waals surface area contributed by atoms with Crippen LogP contribution in [0.3, 0.4) is 0 Å². The Morgan fingerprint density at radius 1 is 1.25 bits per heavy atom. The normalized spacial score (nSPS) is 17.0. The van der Waals surface area contributed by atoms with E-state index in [0.29, 0.717) is 31.8 Å². The SMILES string of the molecule is CN1CN(Cc2ccccc2)C(=O)C2=C1CCN(C(=O)OCn1cnnn1)C2. The highest BCUT2D eigenvalue weighted by atomic mass is 16.6. The molecule has 2 amide bonds. The zero-order valence-electron chi connectivity index (χ0n) is 15.6. The molecule has 2 aliphatic heterocycles. The van der Waals surface area contributed by atoms with E-state index in [0.717, 1.165) is 11.3 Å². The zero-order chi connectivity index (χ0) is 19.5. The van der Waals surface area contributed by atoms with Crippen molar-refractivity contribution in [3.63, 3.8) is 0 Å². The lowest BCUT2D eigenvalue weighted by molar-refractivity contribution is -0.131. The summed E-state index contributed by atoms with van der Waals surface area (Å²) < 4.78 is 6.55. The van der Waals surface area contributed by atoms with E-state index in [1.807, 2.05) is 37.4 Å². The fourth-order valence-corrected chi connectivity index (χ4v) is 3.50. The van der Waals surface area contributed by atoms with Crippen LogP contribution in [0.25, 0.3) is 0 Å². The molecule has 0 saturated carbocycles. The summed E-state index contributed by atoms with van der Waals surface area (Å²) in [5, 5.41) is 10.6. The van der Waals surface area contributed by atoms with Crippen molar-refractivity contribution in [3.05, 3.63) is 53.5 Å². The van der Waals surface area contributed by atoms with Crippen LogP contribution in [-0.4, -0.2) is 73.7 Å². The maximum Gasteiger partial charge on any atom is 0.411 e. The van der Waals surface area contributed by atoms with Gasteiger partial charge in [0.15, 0.2) is 6.73 Å². The van der Waals surface area contributed by atoms with E-state index < -0.39 is 6.09 Å². The van der Waals surface area contributed by atoms with Crippen LogP contribution in [-0.2, 0) is 22.8 Å². The molecule has 2 aliphatic rings. The summed E-state index contributed by atoms with van der Waals surface area (Å²) in [7, 11) is 1.98. The molecule has 1 aromatic carbocycles. The molecule has 0 saturated heterocycles. The summed E-state index contributed by atoms with van der Waals surface area (Å²) in [6.07, 6.45) is 1.50. The van der Waals surface area contributed by atoms with Gasteiger partial charge in [-0.25, -0.2) is 4.79 Å². The van der Waals surface area contributed by atoms with Crippen LogP contribution in [0.2, 0.25) is 0 Å². The second-order valence-electron chi connectivity index (χ2n) is 6.81. The van der Waals surface area contributed by atoms with E-state index in [1.54, 1.807) is 9.80 Å². The Kier molecular flexibility index (Phi) is 4.92. The molecule has 3 heterocycles. The van der Waals surface area contributed by atoms with E-state index in [9.17, 15) is 9.59 Å². The van der Waals surface area contributed by atoms with Gasteiger partial charge in [-0.15, -0.1) is 5.10 Å². The Balaban J connectivity index is 1.43. The molecule has 0 aliphatic carbocycles. The van der Waals surface area contributed by atoms with Crippen molar-refractivity contribution in [2.45, 2.75) is 19.7 Å². The third-order valence-electron chi connectivity index (χ3n) is 4.89. The first-order chi connectivity index (χ1) is 13.6. The largest absolute Gasteiger partial charge is 0.426 e. The van der Waals surface area contributed by atoms with Gasteiger partial charge in [0.1, 0.15) is 6.33 Å². The van der Waals surface area contributed by atoms with Crippen molar-refractivity contribution in [3.8, 4) is 0 Å². The minimum absolute atomic E-state index is 0.0325. The molecule has 10 heteroatoms. The standard InChI is InChI=1S/C18H21N7O3/c1-22-12-24(9-14-5-3-2-4-6-14)17(26)15-10-23(8-7-16(15)22)18(27)28-13-25-11-19-20-21-25/h2-6,11H,7-10,12-13H2,1H3. The predicted octanol–water partition coefficient (Wildman–Crippen LogP) is 0.659.